The molecule has 0 radical (unpaired) electrons. The van der Waals surface area contributed by atoms with E-state index in [2.05, 4.69) is 5.32 Å². The van der Waals surface area contributed by atoms with Crippen molar-refractivity contribution in [3.8, 4) is 5.69 Å². The first-order chi connectivity index (χ1) is 14.1. The van der Waals surface area contributed by atoms with Gasteiger partial charge in [0.15, 0.2) is 0 Å². The zero-order chi connectivity index (χ0) is 20.0. The van der Waals surface area contributed by atoms with Crippen molar-refractivity contribution in [2.24, 2.45) is 0 Å². The molecule has 4 aromatic rings. The van der Waals surface area contributed by atoms with E-state index in [-0.39, 0.29) is 5.56 Å². The molecule has 0 fully saturated rings. The van der Waals surface area contributed by atoms with Crippen molar-refractivity contribution in [2.45, 2.75) is 18.4 Å². The summed E-state index contributed by atoms with van der Waals surface area (Å²) >= 11 is 1.75. The first kappa shape index (κ1) is 17.8. The zero-order valence-electron chi connectivity index (χ0n) is 15.6. The normalized spacial score (nSPS) is 12.9. The third-order valence-electron chi connectivity index (χ3n) is 5.01. The highest BCUT2D eigenvalue weighted by molar-refractivity contribution is 7.98. The summed E-state index contributed by atoms with van der Waals surface area (Å²) in [5.74, 6) is 1.68. The maximum absolute atomic E-state index is 13.0. The number of amides is 1. The van der Waals surface area contributed by atoms with Crippen molar-refractivity contribution < 1.29 is 9.21 Å². The fourth-order valence-electron chi connectivity index (χ4n) is 3.51. The van der Waals surface area contributed by atoms with Gasteiger partial charge in [-0.15, -0.1) is 0 Å². The van der Waals surface area contributed by atoms with Crippen molar-refractivity contribution >= 4 is 34.5 Å². The number of carbonyl (C=O) groups excluding carboxylic acids is 1. The predicted octanol–water partition coefficient (Wildman–Crippen LogP) is 4.29. The van der Waals surface area contributed by atoms with Gasteiger partial charge in [0.1, 0.15) is 17.0 Å². The second-order valence-electron chi connectivity index (χ2n) is 6.90. The van der Waals surface area contributed by atoms with Crippen LogP contribution in [0.4, 0.5) is 5.82 Å². The molecule has 0 aliphatic carbocycles. The van der Waals surface area contributed by atoms with Crippen LogP contribution in [0.5, 0.6) is 0 Å². The summed E-state index contributed by atoms with van der Waals surface area (Å²) in [5, 5.41) is 8.35. The molecule has 1 amide bonds. The van der Waals surface area contributed by atoms with Gasteiger partial charge in [0, 0.05) is 22.5 Å². The number of thioether (sulfide) groups is 1. The van der Waals surface area contributed by atoms with E-state index in [0.717, 1.165) is 34.0 Å². The van der Waals surface area contributed by atoms with E-state index in [0.29, 0.717) is 16.8 Å². The molecule has 2 aromatic heterocycles. The molecule has 0 saturated carbocycles. The minimum absolute atomic E-state index is 0.0272. The highest BCUT2D eigenvalue weighted by Gasteiger charge is 2.26. The summed E-state index contributed by atoms with van der Waals surface area (Å²) in [6.45, 7) is 2.00. The van der Waals surface area contributed by atoms with Crippen molar-refractivity contribution in [2.75, 3.05) is 5.32 Å². The van der Waals surface area contributed by atoms with Gasteiger partial charge in [0.05, 0.1) is 11.4 Å². The Balaban J connectivity index is 1.59. The molecule has 1 aliphatic heterocycles. The first-order valence-electron chi connectivity index (χ1n) is 9.20. The highest BCUT2D eigenvalue weighted by Crippen LogP contribution is 2.36. The molecule has 144 valence electrons. The van der Waals surface area contributed by atoms with Crippen molar-refractivity contribution in [1.29, 1.82) is 0 Å². The second-order valence-corrected chi connectivity index (χ2v) is 7.89. The van der Waals surface area contributed by atoms with E-state index >= 15 is 0 Å². The maximum Gasteiger partial charge on any atom is 0.349 e. The summed E-state index contributed by atoms with van der Waals surface area (Å²) in [4.78, 5) is 25.4. The molecule has 0 spiro atoms. The molecule has 2 aromatic carbocycles. The zero-order valence-corrected chi connectivity index (χ0v) is 16.5. The second kappa shape index (κ2) is 6.93. The van der Waals surface area contributed by atoms with Crippen LogP contribution in [0.25, 0.3) is 16.7 Å². The van der Waals surface area contributed by atoms with Crippen LogP contribution in [0, 0.1) is 6.92 Å². The first-order valence-corrected chi connectivity index (χ1v) is 10.4. The molecule has 3 heterocycles. The molecule has 29 heavy (non-hydrogen) atoms. The van der Waals surface area contributed by atoms with E-state index in [1.807, 2.05) is 37.3 Å². The number of hydrogen-bond acceptors (Lipinski definition) is 5. The third-order valence-corrected chi connectivity index (χ3v) is 5.98. The van der Waals surface area contributed by atoms with Crippen LogP contribution in [0.1, 0.15) is 27.2 Å². The highest BCUT2D eigenvalue weighted by atomic mass is 32.2. The van der Waals surface area contributed by atoms with Gasteiger partial charge in [0.2, 0.25) is 0 Å². The van der Waals surface area contributed by atoms with Gasteiger partial charge in [-0.3, -0.25) is 4.79 Å². The SMILES string of the molecule is Cc1ccccc1-n1nc2c(c1NC(=O)c1cc3ccccc3oc1=O)CSC2. The topological polar surface area (TPSA) is 77.1 Å². The lowest BCUT2D eigenvalue weighted by Crippen LogP contribution is -2.22. The van der Waals surface area contributed by atoms with Gasteiger partial charge in [-0.05, 0) is 30.7 Å². The molecule has 1 N–H and O–H groups in total. The fraction of sp³-hybridized carbons (Fsp3) is 0.136. The van der Waals surface area contributed by atoms with E-state index in [1.54, 1.807) is 40.7 Å². The Bertz CT molecular complexity index is 1320. The number of carbonyl (C=O) groups is 1. The Kier molecular flexibility index (Phi) is 4.24. The van der Waals surface area contributed by atoms with Crippen molar-refractivity contribution in [1.82, 2.24) is 9.78 Å². The minimum atomic E-state index is -0.658. The van der Waals surface area contributed by atoms with E-state index in [9.17, 15) is 9.59 Å². The minimum Gasteiger partial charge on any atom is -0.422 e. The van der Waals surface area contributed by atoms with Gasteiger partial charge in [0.25, 0.3) is 5.91 Å². The average molecular weight is 403 g/mol. The van der Waals surface area contributed by atoms with Gasteiger partial charge in [-0.1, -0.05) is 36.4 Å². The van der Waals surface area contributed by atoms with Crippen LogP contribution < -0.4 is 10.9 Å². The number of fused-ring (bicyclic) bond motifs is 2. The molecule has 1 aliphatic rings. The number of nitrogens with zero attached hydrogens (tertiary/aromatic N) is 2. The number of anilines is 1. The number of benzene rings is 2. The fourth-order valence-corrected chi connectivity index (χ4v) is 4.55. The Morgan fingerprint density at radius 2 is 1.93 bits per heavy atom. The smallest absolute Gasteiger partial charge is 0.349 e. The Morgan fingerprint density at radius 3 is 2.79 bits per heavy atom. The molecule has 0 bridgehead atoms. The number of aryl methyl sites for hydroxylation is 1. The lowest BCUT2D eigenvalue weighted by Gasteiger charge is -2.12. The van der Waals surface area contributed by atoms with Crippen molar-refractivity contribution in [3.05, 3.63) is 87.4 Å². The van der Waals surface area contributed by atoms with Gasteiger partial charge in [-0.25, -0.2) is 9.48 Å². The van der Waals surface area contributed by atoms with Crippen LogP contribution in [-0.4, -0.2) is 15.7 Å². The Hall–Kier alpha value is -3.32. The summed E-state index contributed by atoms with van der Waals surface area (Å²) < 4.78 is 7.08. The molecule has 0 saturated heterocycles. The standard InChI is InChI=1S/C22H17N3O3S/c1-13-6-2-4-8-18(13)25-20(16-11-29-12-17(16)24-25)23-21(26)15-10-14-7-3-5-9-19(14)28-22(15)27/h2-10H,11-12H2,1H3,(H,23,26). The molecular formula is C22H17N3O3S. The molecule has 0 atom stereocenters. The molecule has 5 rings (SSSR count). The van der Waals surface area contributed by atoms with Crippen LogP contribution in [0.3, 0.4) is 0 Å². The largest absolute Gasteiger partial charge is 0.422 e. The van der Waals surface area contributed by atoms with E-state index < -0.39 is 11.5 Å². The van der Waals surface area contributed by atoms with E-state index in [4.69, 9.17) is 9.52 Å². The molecule has 7 heteroatoms. The number of rotatable bonds is 3. The van der Waals surface area contributed by atoms with E-state index in [1.165, 1.54) is 0 Å². The number of para-hydroxylation sites is 2. The van der Waals surface area contributed by atoms with Crippen LogP contribution in [0.2, 0.25) is 0 Å². The maximum atomic E-state index is 13.0. The summed E-state index contributed by atoms with van der Waals surface area (Å²) in [6.07, 6.45) is 0. The predicted molar refractivity (Wildman–Crippen MR) is 114 cm³/mol. The Morgan fingerprint density at radius 1 is 1.14 bits per heavy atom. The molecule has 0 unspecified atom stereocenters. The number of aromatic nitrogens is 2. The lowest BCUT2D eigenvalue weighted by molar-refractivity contribution is 0.102. The third kappa shape index (κ3) is 3.03. The average Bonchev–Trinajstić information content (AvgIpc) is 3.30. The Labute approximate surface area is 170 Å². The quantitative estimate of drug-likeness (QED) is 0.517. The van der Waals surface area contributed by atoms with Crippen LogP contribution >= 0.6 is 11.8 Å². The molecular weight excluding hydrogens is 386 g/mol. The van der Waals surface area contributed by atoms with Crippen LogP contribution in [-0.2, 0) is 11.5 Å². The monoisotopic (exact) mass is 403 g/mol. The number of hydrogen-bond donors (Lipinski definition) is 1. The summed E-state index contributed by atoms with van der Waals surface area (Å²) in [7, 11) is 0. The van der Waals surface area contributed by atoms with Crippen LogP contribution in [0.15, 0.2) is 63.8 Å². The summed E-state index contributed by atoms with van der Waals surface area (Å²) in [5.41, 5.74) is 3.66. The van der Waals surface area contributed by atoms with Gasteiger partial charge >= 0.3 is 5.63 Å². The summed E-state index contributed by atoms with van der Waals surface area (Å²) in [6, 6.07) is 16.6. The molecule has 6 nitrogen and oxygen atoms in total. The van der Waals surface area contributed by atoms with Gasteiger partial charge in [-0.2, -0.15) is 16.9 Å². The lowest BCUT2D eigenvalue weighted by atomic mass is 10.1. The van der Waals surface area contributed by atoms with Gasteiger partial charge < -0.3 is 9.73 Å². The number of nitrogens with one attached hydrogen (secondary N) is 1. The van der Waals surface area contributed by atoms with Crippen molar-refractivity contribution in [3.63, 3.8) is 0 Å².